The fourth-order valence-corrected chi connectivity index (χ4v) is 5.30. The summed E-state index contributed by atoms with van der Waals surface area (Å²) in [7, 11) is 1.85. The van der Waals surface area contributed by atoms with Crippen molar-refractivity contribution >= 4 is 50.9 Å². The number of hydrogen-bond acceptors (Lipinski definition) is 7. The third kappa shape index (κ3) is 5.19. The summed E-state index contributed by atoms with van der Waals surface area (Å²) < 4.78 is 4.87. The van der Waals surface area contributed by atoms with E-state index < -0.39 is 11.9 Å². The number of amides is 1. The minimum atomic E-state index is -0.700. The van der Waals surface area contributed by atoms with E-state index in [4.69, 9.17) is 10.7 Å². The van der Waals surface area contributed by atoms with E-state index in [2.05, 4.69) is 54.9 Å². The van der Waals surface area contributed by atoms with Gasteiger partial charge in [-0.1, -0.05) is 58.7 Å². The Morgan fingerprint density at radius 2 is 1.77 bits per heavy atom. The monoisotopic (exact) mass is 697 g/mol. The van der Waals surface area contributed by atoms with Gasteiger partial charge >= 0.3 is 0 Å². The van der Waals surface area contributed by atoms with E-state index >= 15 is 0 Å². The highest BCUT2D eigenvalue weighted by Gasteiger charge is 2.25. The van der Waals surface area contributed by atoms with Crippen LogP contribution in [0.1, 0.15) is 62.5 Å². The van der Waals surface area contributed by atoms with Gasteiger partial charge in [0.15, 0.2) is 11.5 Å². The summed E-state index contributed by atoms with van der Waals surface area (Å²) in [6.45, 7) is 5.71. The molecule has 0 radical (unpaired) electrons. The first kappa shape index (κ1) is 29.1. The molecule has 0 aliphatic heterocycles. The molecule has 44 heavy (non-hydrogen) atoms. The number of hydrogen-bond donors (Lipinski definition) is 2. The summed E-state index contributed by atoms with van der Waals surface area (Å²) in [5, 5.41) is 11.9. The van der Waals surface area contributed by atoms with Gasteiger partial charge in [0.1, 0.15) is 11.4 Å². The highest BCUT2D eigenvalue weighted by molar-refractivity contribution is 14.1. The van der Waals surface area contributed by atoms with Crippen molar-refractivity contribution in [3.8, 4) is 17.5 Å². The zero-order valence-corrected chi connectivity index (χ0v) is 26.6. The molecule has 0 fully saturated rings. The second-order valence-corrected chi connectivity index (χ2v) is 12.2. The molecule has 0 bridgehead atoms. The van der Waals surface area contributed by atoms with Gasteiger partial charge in [0, 0.05) is 18.8 Å². The first-order valence-electron chi connectivity index (χ1n) is 13.9. The number of benzene rings is 2. The van der Waals surface area contributed by atoms with Crippen LogP contribution in [0, 0.1) is 18.8 Å². The molecule has 0 saturated heterocycles. The van der Waals surface area contributed by atoms with Gasteiger partial charge in [0.25, 0.3) is 11.5 Å². The van der Waals surface area contributed by atoms with Crippen molar-refractivity contribution in [3.63, 3.8) is 0 Å². The number of carbonyl (C=O) groups excluding carboxylic acids is 1. The predicted octanol–water partition coefficient (Wildman–Crippen LogP) is 4.44. The van der Waals surface area contributed by atoms with Crippen molar-refractivity contribution in [3.05, 3.63) is 111 Å². The number of nitrogen functional groups attached to an aromatic ring is 1. The lowest BCUT2D eigenvalue weighted by Gasteiger charge is -2.20. The molecule has 0 spiro atoms. The molecule has 2 aromatic carbocycles. The Hall–Kier alpha value is -5.03. The van der Waals surface area contributed by atoms with Crippen LogP contribution in [-0.2, 0) is 7.05 Å². The summed E-state index contributed by atoms with van der Waals surface area (Å²) >= 11 is 2.26. The second kappa shape index (κ2) is 11.6. The Kier molecular flexibility index (Phi) is 7.64. The highest BCUT2D eigenvalue weighted by atomic mass is 127. The van der Waals surface area contributed by atoms with E-state index in [9.17, 15) is 9.59 Å². The summed E-state index contributed by atoms with van der Waals surface area (Å²) in [5.74, 6) is 6.23. The van der Waals surface area contributed by atoms with Crippen LogP contribution in [0.3, 0.4) is 0 Å². The molecule has 3 N–H and O–H groups in total. The topological polar surface area (TPSA) is 138 Å². The summed E-state index contributed by atoms with van der Waals surface area (Å²) in [4.78, 5) is 37.5. The Morgan fingerprint density at radius 3 is 2.48 bits per heavy atom. The van der Waals surface area contributed by atoms with E-state index in [1.54, 1.807) is 36.1 Å². The average molecular weight is 698 g/mol. The van der Waals surface area contributed by atoms with E-state index in [0.717, 1.165) is 17.0 Å². The lowest BCUT2D eigenvalue weighted by atomic mass is 10.1. The first-order chi connectivity index (χ1) is 21.1. The molecular weight excluding hydrogens is 669 g/mol. The zero-order chi connectivity index (χ0) is 31.1. The fraction of sp³-hybridized carbons (Fsp3) is 0.188. The van der Waals surface area contributed by atoms with Gasteiger partial charge in [-0.05, 0) is 51.1 Å². The SMILES string of the molecule is Cc1c(C#Cc2cccc3nc([C@@H](C)NC(=O)c4c(N)nn5ccc(C(C)I)nc45)n(-c4ccccc4)c(=O)c23)cnn1C. The van der Waals surface area contributed by atoms with Crippen LogP contribution in [0.4, 0.5) is 5.82 Å². The molecule has 4 aromatic heterocycles. The third-order valence-electron chi connectivity index (χ3n) is 7.41. The van der Waals surface area contributed by atoms with Crippen LogP contribution in [-0.4, -0.2) is 39.8 Å². The van der Waals surface area contributed by atoms with Crippen molar-refractivity contribution in [2.75, 3.05) is 5.73 Å². The molecule has 0 aliphatic rings. The molecule has 11 nitrogen and oxygen atoms in total. The van der Waals surface area contributed by atoms with Gasteiger partial charge in [0.05, 0.1) is 49.7 Å². The number of halogens is 1. The summed E-state index contributed by atoms with van der Waals surface area (Å²) in [6, 6.07) is 15.7. The zero-order valence-electron chi connectivity index (χ0n) is 24.4. The van der Waals surface area contributed by atoms with Crippen molar-refractivity contribution in [2.45, 2.75) is 30.7 Å². The maximum atomic E-state index is 14.3. The Balaban J connectivity index is 1.46. The number of nitrogens with two attached hydrogens (primary N) is 1. The van der Waals surface area contributed by atoms with Gasteiger partial charge in [-0.2, -0.15) is 5.10 Å². The number of nitrogens with zero attached hydrogens (tertiary/aromatic N) is 7. The highest BCUT2D eigenvalue weighted by Crippen LogP contribution is 2.25. The number of rotatable bonds is 5. The predicted molar refractivity (Wildman–Crippen MR) is 177 cm³/mol. The van der Waals surface area contributed by atoms with Gasteiger partial charge in [-0.25, -0.2) is 14.5 Å². The minimum Gasteiger partial charge on any atom is -0.381 e. The van der Waals surface area contributed by atoms with E-state index in [0.29, 0.717) is 33.6 Å². The summed E-state index contributed by atoms with van der Waals surface area (Å²) in [5.41, 5.74) is 10.5. The van der Waals surface area contributed by atoms with Crippen molar-refractivity contribution in [1.29, 1.82) is 0 Å². The Labute approximate surface area is 266 Å². The number of anilines is 1. The van der Waals surface area contributed by atoms with E-state index in [1.165, 1.54) is 9.08 Å². The van der Waals surface area contributed by atoms with Crippen LogP contribution >= 0.6 is 22.6 Å². The second-order valence-electron chi connectivity index (χ2n) is 10.4. The van der Waals surface area contributed by atoms with Crippen LogP contribution in [0.15, 0.2) is 71.8 Å². The average Bonchev–Trinajstić information content (AvgIpc) is 3.52. The molecule has 1 unspecified atom stereocenters. The number of fused-ring (bicyclic) bond motifs is 2. The largest absolute Gasteiger partial charge is 0.381 e. The van der Waals surface area contributed by atoms with Crippen molar-refractivity contribution < 1.29 is 4.79 Å². The van der Waals surface area contributed by atoms with Crippen LogP contribution in [0.5, 0.6) is 0 Å². The van der Waals surface area contributed by atoms with Crippen LogP contribution in [0.25, 0.3) is 22.2 Å². The van der Waals surface area contributed by atoms with Gasteiger partial charge < -0.3 is 11.1 Å². The maximum absolute atomic E-state index is 14.3. The number of para-hydroxylation sites is 1. The smallest absolute Gasteiger partial charge is 0.267 e. The number of alkyl halides is 1. The molecule has 4 heterocycles. The van der Waals surface area contributed by atoms with Crippen LogP contribution < -0.4 is 16.6 Å². The molecule has 0 aliphatic carbocycles. The molecule has 0 saturated carbocycles. The van der Waals surface area contributed by atoms with E-state index in [-0.39, 0.29) is 20.9 Å². The molecule has 12 heteroatoms. The molecular formula is C32H28IN9O2. The minimum absolute atomic E-state index is 0.0550. The fourth-order valence-electron chi connectivity index (χ4n) is 4.96. The maximum Gasteiger partial charge on any atom is 0.267 e. The quantitative estimate of drug-likeness (QED) is 0.154. The molecule has 6 rings (SSSR count). The van der Waals surface area contributed by atoms with Gasteiger partial charge in [-0.15, -0.1) is 5.10 Å². The van der Waals surface area contributed by atoms with Crippen molar-refractivity contribution in [2.24, 2.45) is 7.05 Å². The molecule has 2 atom stereocenters. The normalized spacial score (nSPS) is 12.6. The Bertz CT molecular complexity index is 2190. The van der Waals surface area contributed by atoms with E-state index in [1.807, 2.05) is 63.4 Å². The Morgan fingerprint density at radius 1 is 1.02 bits per heavy atom. The lowest BCUT2D eigenvalue weighted by molar-refractivity contribution is 0.0940. The van der Waals surface area contributed by atoms with Gasteiger partial charge in [-0.3, -0.25) is 18.8 Å². The van der Waals surface area contributed by atoms with Crippen molar-refractivity contribution in [1.82, 2.24) is 39.2 Å². The van der Waals surface area contributed by atoms with Gasteiger partial charge in [0.2, 0.25) is 0 Å². The van der Waals surface area contributed by atoms with Crippen LogP contribution in [0.2, 0.25) is 0 Å². The first-order valence-corrected chi connectivity index (χ1v) is 15.1. The molecule has 220 valence electrons. The standard InChI is InChI=1S/C32H28IN9O2/c1-18(33)24-15-16-41-30(37-24)27(28(34)39-41)31(43)36-19(2)29-38-25-12-8-9-21(13-14-22-17-35-40(4)20(22)3)26(25)32(44)42(29)23-10-6-5-7-11-23/h5-12,15-19H,1-4H3,(H2,34,39)(H,36,43)/t18?,19-/m1/s1. The number of aryl methyl sites for hydroxylation is 1. The number of carbonyl (C=O) groups is 1. The molecule has 1 amide bonds. The number of aromatic nitrogens is 7. The third-order valence-corrected chi connectivity index (χ3v) is 8.05. The number of nitrogens with one attached hydrogen (secondary N) is 1. The summed E-state index contributed by atoms with van der Waals surface area (Å²) in [6.07, 6.45) is 3.43. The molecule has 6 aromatic rings. The lowest BCUT2D eigenvalue weighted by Crippen LogP contribution is -2.33.